The number of ether oxygens (including phenoxy) is 2. The van der Waals surface area contributed by atoms with Crippen molar-refractivity contribution < 1.29 is 27.1 Å². The van der Waals surface area contributed by atoms with Crippen LogP contribution < -0.4 is 10.1 Å². The third-order valence-electron chi connectivity index (χ3n) is 4.71. The van der Waals surface area contributed by atoms with Gasteiger partial charge in [0.2, 0.25) is 15.9 Å². The first kappa shape index (κ1) is 22.2. The van der Waals surface area contributed by atoms with Crippen LogP contribution in [0.3, 0.4) is 0 Å². The summed E-state index contributed by atoms with van der Waals surface area (Å²) in [7, 11) is -3.72. The Labute approximate surface area is 175 Å². The van der Waals surface area contributed by atoms with Gasteiger partial charge in [-0.15, -0.1) is 0 Å². The van der Waals surface area contributed by atoms with E-state index in [2.05, 4.69) is 5.32 Å². The number of sulfonamides is 1. The van der Waals surface area contributed by atoms with Crippen molar-refractivity contribution >= 4 is 21.6 Å². The lowest BCUT2D eigenvalue weighted by Gasteiger charge is -2.26. The van der Waals surface area contributed by atoms with Gasteiger partial charge in [-0.1, -0.05) is 18.2 Å². The summed E-state index contributed by atoms with van der Waals surface area (Å²) in [4.78, 5) is 12.5. The van der Waals surface area contributed by atoms with E-state index in [1.54, 1.807) is 25.1 Å². The second-order valence-electron chi connectivity index (χ2n) is 6.75. The molecule has 2 aromatic carbocycles. The zero-order chi connectivity index (χ0) is 21.6. The van der Waals surface area contributed by atoms with Crippen molar-refractivity contribution in [2.24, 2.45) is 0 Å². The van der Waals surface area contributed by atoms with Crippen LogP contribution in [0, 0.1) is 5.82 Å². The van der Waals surface area contributed by atoms with E-state index >= 15 is 0 Å². The molecule has 30 heavy (non-hydrogen) atoms. The highest BCUT2D eigenvalue weighted by molar-refractivity contribution is 7.89. The monoisotopic (exact) mass is 436 g/mol. The van der Waals surface area contributed by atoms with Gasteiger partial charge in [-0.2, -0.15) is 4.31 Å². The fraction of sp³-hybridized carbons (Fsp3) is 0.381. The molecule has 2 aromatic rings. The molecule has 0 unspecified atom stereocenters. The van der Waals surface area contributed by atoms with Crippen LogP contribution in [-0.2, 0) is 26.0 Å². The zero-order valence-corrected chi connectivity index (χ0v) is 17.6. The topological polar surface area (TPSA) is 84.9 Å². The van der Waals surface area contributed by atoms with Gasteiger partial charge in [0.25, 0.3) is 0 Å². The summed E-state index contributed by atoms with van der Waals surface area (Å²) in [6, 6.07) is 10.7. The summed E-state index contributed by atoms with van der Waals surface area (Å²) >= 11 is 0. The van der Waals surface area contributed by atoms with Crippen molar-refractivity contribution in [1.29, 1.82) is 0 Å². The van der Waals surface area contributed by atoms with E-state index in [0.717, 1.165) is 0 Å². The third kappa shape index (κ3) is 5.35. The highest BCUT2D eigenvalue weighted by Gasteiger charge is 2.27. The van der Waals surface area contributed by atoms with Gasteiger partial charge in [0.1, 0.15) is 11.6 Å². The summed E-state index contributed by atoms with van der Waals surface area (Å²) in [6.45, 7) is 3.39. The number of amides is 1. The quantitative estimate of drug-likeness (QED) is 0.688. The van der Waals surface area contributed by atoms with Crippen LogP contribution in [0.1, 0.15) is 18.9 Å². The van der Waals surface area contributed by atoms with Crippen LogP contribution in [0.15, 0.2) is 47.4 Å². The molecule has 0 aromatic heterocycles. The second kappa shape index (κ2) is 10.0. The Balaban J connectivity index is 1.77. The number of aryl methyl sites for hydroxylation is 1. The van der Waals surface area contributed by atoms with Gasteiger partial charge in [0.05, 0.1) is 30.4 Å². The number of nitrogens with one attached hydrogen (secondary N) is 1. The summed E-state index contributed by atoms with van der Waals surface area (Å²) in [5.74, 6) is -0.350. The fourth-order valence-corrected chi connectivity index (χ4v) is 4.58. The molecule has 0 saturated carbocycles. The maximum Gasteiger partial charge on any atom is 0.243 e. The molecule has 3 rings (SSSR count). The van der Waals surface area contributed by atoms with Gasteiger partial charge in [0.15, 0.2) is 0 Å². The number of halogens is 1. The molecular formula is C21H25FN2O5S. The molecule has 162 valence electrons. The standard InChI is InChI=1S/C21H25FN2O5S/c1-2-29-20-9-8-17(30(26,27)24-11-13-28-14-12-24)15-19(20)23-21(25)10-7-16-5-3-4-6-18(16)22/h3-6,8-9,15H,2,7,10-14H2,1H3,(H,23,25). The summed E-state index contributed by atoms with van der Waals surface area (Å²) in [6.07, 6.45) is 0.279. The Bertz CT molecular complexity index is 991. The molecule has 0 radical (unpaired) electrons. The van der Waals surface area contributed by atoms with Gasteiger partial charge in [-0.05, 0) is 43.2 Å². The van der Waals surface area contributed by atoms with Crippen molar-refractivity contribution in [2.45, 2.75) is 24.7 Å². The maximum absolute atomic E-state index is 13.8. The van der Waals surface area contributed by atoms with E-state index in [9.17, 15) is 17.6 Å². The molecule has 1 aliphatic rings. The van der Waals surface area contributed by atoms with E-state index in [1.807, 2.05) is 0 Å². The summed E-state index contributed by atoms with van der Waals surface area (Å²) in [5.41, 5.74) is 0.714. The molecule has 1 saturated heterocycles. The van der Waals surface area contributed by atoms with E-state index in [1.165, 1.54) is 28.6 Å². The van der Waals surface area contributed by atoms with Gasteiger partial charge in [-0.25, -0.2) is 12.8 Å². The first-order valence-corrected chi connectivity index (χ1v) is 11.2. The van der Waals surface area contributed by atoms with E-state index in [-0.39, 0.29) is 48.2 Å². The van der Waals surface area contributed by atoms with Crippen LogP contribution in [0.5, 0.6) is 5.75 Å². The smallest absolute Gasteiger partial charge is 0.243 e. The number of benzene rings is 2. The van der Waals surface area contributed by atoms with Crippen molar-refractivity contribution in [3.05, 3.63) is 53.8 Å². The lowest BCUT2D eigenvalue weighted by atomic mass is 10.1. The molecule has 1 heterocycles. The van der Waals surface area contributed by atoms with Crippen LogP contribution in [0.25, 0.3) is 0 Å². The van der Waals surface area contributed by atoms with E-state index in [4.69, 9.17) is 9.47 Å². The Kier molecular flexibility index (Phi) is 7.41. The van der Waals surface area contributed by atoms with Crippen molar-refractivity contribution in [2.75, 3.05) is 38.2 Å². The van der Waals surface area contributed by atoms with Crippen LogP contribution in [0.4, 0.5) is 10.1 Å². The van der Waals surface area contributed by atoms with Crippen LogP contribution in [0.2, 0.25) is 0 Å². The molecule has 0 atom stereocenters. The Morgan fingerprint density at radius 1 is 1.20 bits per heavy atom. The molecule has 9 heteroatoms. The van der Waals surface area contributed by atoms with Gasteiger partial charge < -0.3 is 14.8 Å². The molecule has 7 nitrogen and oxygen atoms in total. The number of carbonyl (C=O) groups excluding carboxylic acids is 1. The van der Waals surface area contributed by atoms with Crippen LogP contribution >= 0.6 is 0 Å². The number of hydrogen-bond donors (Lipinski definition) is 1. The van der Waals surface area contributed by atoms with Crippen molar-refractivity contribution in [1.82, 2.24) is 4.31 Å². The fourth-order valence-electron chi connectivity index (χ4n) is 3.15. The molecule has 1 fully saturated rings. The van der Waals surface area contributed by atoms with Gasteiger partial charge in [0, 0.05) is 19.5 Å². The zero-order valence-electron chi connectivity index (χ0n) is 16.8. The second-order valence-corrected chi connectivity index (χ2v) is 8.68. The predicted octanol–water partition coefficient (Wildman–Crippen LogP) is 2.82. The van der Waals surface area contributed by atoms with Crippen molar-refractivity contribution in [3.63, 3.8) is 0 Å². The van der Waals surface area contributed by atoms with Crippen LogP contribution in [-0.4, -0.2) is 51.5 Å². The SMILES string of the molecule is CCOc1ccc(S(=O)(=O)N2CCOCC2)cc1NC(=O)CCc1ccccc1F. The molecule has 1 N–H and O–H groups in total. The predicted molar refractivity (Wildman–Crippen MR) is 111 cm³/mol. The molecule has 1 aliphatic heterocycles. The lowest BCUT2D eigenvalue weighted by molar-refractivity contribution is -0.116. The molecule has 0 spiro atoms. The molecule has 1 amide bonds. The first-order chi connectivity index (χ1) is 14.4. The Morgan fingerprint density at radius 2 is 1.93 bits per heavy atom. The number of anilines is 1. The average molecular weight is 437 g/mol. The number of hydrogen-bond acceptors (Lipinski definition) is 5. The molecule has 0 bridgehead atoms. The molecule has 0 aliphatic carbocycles. The number of nitrogens with zero attached hydrogens (tertiary/aromatic N) is 1. The van der Waals surface area contributed by atoms with Crippen molar-refractivity contribution in [3.8, 4) is 5.75 Å². The van der Waals surface area contributed by atoms with E-state index < -0.39 is 10.0 Å². The average Bonchev–Trinajstić information content (AvgIpc) is 2.75. The minimum atomic E-state index is -3.72. The minimum absolute atomic E-state index is 0.0486. The number of rotatable bonds is 8. The number of morpholine rings is 1. The Morgan fingerprint density at radius 3 is 2.63 bits per heavy atom. The molecular weight excluding hydrogens is 411 g/mol. The maximum atomic E-state index is 13.8. The summed E-state index contributed by atoms with van der Waals surface area (Å²) in [5, 5.41) is 2.71. The summed E-state index contributed by atoms with van der Waals surface area (Å²) < 4.78 is 51.7. The van der Waals surface area contributed by atoms with Gasteiger partial charge in [-0.3, -0.25) is 4.79 Å². The first-order valence-electron chi connectivity index (χ1n) is 9.80. The third-order valence-corrected chi connectivity index (χ3v) is 6.61. The normalized spacial score (nSPS) is 15.0. The highest BCUT2D eigenvalue weighted by Crippen LogP contribution is 2.30. The van der Waals surface area contributed by atoms with E-state index in [0.29, 0.717) is 31.1 Å². The Hall–Kier alpha value is -2.49. The number of carbonyl (C=O) groups is 1. The van der Waals surface area contributed by atoms with Gasteiger partial charge >= 0.3 is 0 Å². The minimum Gasteiger partial charge on any atom is -0.492 e. The largest absolute Gasteiger partial charge is 0.492 e. The highest BCUT2D eigenvalue weighted by atomic mass is 32.2. The lowest BCUT2D eigenvalue weighted by Crippen LogP contribution is -2.40.